The van der Waals surface area contributed by atoms with Crippen LogP contribution in [0.4, 0.5) is 10.5 Å². The Morgan fingerprint density at radius 3 is 2.24 bits per heavy atom. The average Bonchev–Trinajstić information content (AvgIpc) is 2.41. The van der Waals surface area contributed by atoms with Crippen LogP contribution in [-0.4, -0.2) is 20.5 Å². The van der Waals surface area contributed by atoms with E-state index in [1.807, 2.05) is 0 Å². The Labute approximate surface area is 125 Å². The number of carbonyl (C=O) groups excluding carboxylic acids is 1. The van der Waals surface area contributed by atoms with Gasteiger partial charge < -0.3 is 10.6 Å². The van der Waals surface area contributed by atoms with Gasteiger partial charge in [0.2, 0.25) is 10.0 Å². The number of rotatable bonds is 3. The third kappa shape index (κ3) is 4.71. The van der Waals surface area contributed by atoms with Crippen LogP contribution in [0.1, 0.15) is 32.6 Å². The second kappa shape index (κ2) is 6.44. The molecule has 0 heterocycles. The predicted octanol–water partition coefficient (Wildman–Crippen LogP) is 2.03. The molecule has 0 spiro atoms. The summed E-state index contributed by atoms with van der Waals surface area (Å²) < 4.78 is 22.3. The quantitative estimate of drug-likeness (QED) is 0.796. The Bertz CT molecular complexity index is 590. The summed E-state index contributed by atoms with van der Waals surface area (Å²) >= 11 is 0. The van der Waals surface area contributed by atoms with Crippen molar-refractivity contribution in [3.63, 3.8) is 0 Å². The zero-order valence-corrected chi connectivity index (χ0v) is 12.8. The van der Waals surface area contributed by atoms with E-state index in [2.05, 4.69) is 17.6 Å². The Morgan fingerprint density at radius 2 is 1.71 bits per heavy atom. The number of sulfonamides is 1. The first-order chi connectivity index (χ1) is 9.84. The first-order valence-electron chi connectivity index (χ1n) is 7.05. The molecule has 1 aromatic rings. The van der Waals surface area contributed by atoms with Crippen molar-refractivity contribution >= 4 is 21.7 Å². The molecule has 2 rings (SSSR count). The number of hydrogen-bond donors (Lipinski definition) is 3. The van der Waals surface area contributed by atoms with E-state index in [0.717, 1.165) is 31.6 Å². The highest BCUT2D eigenvalue weighted by Crippen LogP contribution is 2.23. The summed E-state index contributed by atoms with van der Waals surface area (Å²) in [6.45, 7) is 2.23. The molecule has 1 aromatic carbocycles. The minimum Gasteiger partial charge on any atom is -0.335 e. The molecule has 0 unspecified atom stereocenters. The van der Waals surface area contributed by atoms with Gasteiger partial charge in [-0.3, -0.25) is 0 Å². The molecule has 7 heteroatoms. The highest BCUT2D eigenvalue weighted by molar-refractivity contribution is 7.89. The summed E-state index contributed by atoms with van der Waals surface area (Å²) in [6, 6.07) is 5.72. The molecule has 1 aliphatic carbocycles. The Morgan fingerprint density at radius 1 is 1.14 bits per heavy atom. The van der Waals surface area contributed by atoms with Crippen LogP contribution in [0.25, 0.3) is 0 Å². The number of nitrogens with two attached hydrogens (primary N) is 1. The minimum absolute atomic E-state index is 0.0229. The van der Waals surface area contributed by atoms with Gasteiger partial charge in [0.05, 0.1) is 4.90 Å². The normalized spacial score (nSPS) is 22.6. The molecular weight excluding hydrogens is 290 g/mol. The monoisotopic (exact) mass is 311 g/mol. The van der Waals surface area contributed by atoms with Crippen molar-refractivity contribution in [1.29, 1.82) is 0 Å². The Balaban J connectivity index is 1.88. The molecule has 0 aromatic heterocycles. The lowest BCUT2D eigenvalue weighted by atomic mass is 9.87. The highest BCUT2D eigenvalue weighted by atomic mass is 32.2. The molecule has 0 radical (unpaired) electrons. The number of anilines is 1. The third-order valence-corrected chi connectivity index (χ3v) is 4.72. The summed E-state index contributed by atoms with van der Waals surface area (Å²) in [5.74, 6) is 0.733. The zero-order chi connectivity index (χ0) is 15.5. The molecule has 0 bridgehead atoms. The lowest BCUT2D eigenvalue weighted by molar-refractivity contribution is 0.239. The van der Waals surface area contributed by atoms with E-state index in [9.17, 15) is 13.2 Å². The summed E-state index contributed by atoms with van der Waals surface area (Å²) in [7, 11) is -3.70. The van der Waals surface area contributed by atoms with Gasteiger partial charge in [-0.2, -0.15) is 0 Å². The molecule has 1 aliphatic rings. The Kier molecular flexibility index (Phi) is 4.84. The SMILES string of the molecule is CC1CCC(NC(=O)Nc2ccc(S(N)(=O)=O)cc2)CC1. The molecule has 21 heavy (non-hydrogen) atoms. The van der Waals surface area contributed by atoms with Crippen LogP contribution in [0.3, 0.4) is 0 Å². The second-order valence-electron chi connectivity index (χ2n) is 5.62. The van der Waals surface area contributed by atoms with Crippen molar-refractivity contribution in [3.05, 3.63) is 24.3 Å². The second-order valence-corrected chi connectivity index (χ2v) is 7.19. The van der Waals surface area contributed by atoms with Gasteiger partial charge in [-0.1, -0.05) is 6.92 Å². The molecule has 1 fully saturated rings. The van der Waals surface area contributed by atoms with E-state index in [1.165, 1.54) is 24.3 Å². The molecule has 0 saturated heterocycles. The molecule has 1 saturated carbocycles. The number of benzene rings is 1. The standard InChI is InChI=1S/C14H21N3O3S/c1-10-2-4-11(5-3-10)16-14(18)17-12-6-8-13(9-7-12)21(15,19)20/h6-11H,2-5H2,1H3,(H2,15,19,20)(H2,16,17,18). The van der Waals surface area contributed by atoms with Gasteiger partial charge in [-0.15, -0.1) is 0 Å². The van der Waals surface area contributed by atoms with Crippen LogP contribution in [0.5, 0.6) is 0 Å². The van der Waals surface area contributed by atoms with Crippen molar-refractivity contribution in [2.75, 3.05) is 5.32 Å². The number of primary sulfonamides is 1. The summed E-state index contributed by atoms with van der Waals surface area (Å²) in [4.78, 5) is 11.9. The summed E-state index contributed by atoms with van der Waals surface area (Å²) in [5, 5.41) is 10.6. The fourth-order valence-electron chi connectivity index (χ4n) is 2.48. The van der Waals surface area contributed by atoms with E-state index in [-0.39, 0.29) is 17.0 Å². The fraction of sp³-hybridized carbons (Fsp3) is 0.500. The summed E-state index contributed by atoms with van der Waals surface area (Å²) in [6.07, 6.45) is 4.26. The highest BCUT2D eigenvalue weighted by Gasteiger charge is 2.19. The predicted molar refractivity (Wildman–Crippen MR) is 81.4 cm³/mol. The fourth-order valence-corrected chi connectivity index (χ4v) is 3.00. The topological polar surface area (TPSA) is 101 Å². The van der Waals surface area contributed by atoms with Crippen LogP contribution < -0.4 is 15.8 Å². The van der Waals surface area contributed by atoms with Gasteiger partial charge in [-0.05, 0) is 55.9 Å². The van der Waals surface area contributed by atoms with E-state index >= 15 is 0 Å². The van der Waals surface area contributed by atoms with Crippen LogP contribution in [0, 0.1) is 5.92 Å². The van der Waals surface area contributed by atoms with Crippen molar-refractivity contribution in [3.8, 4) is 0 Å². The van der Waals surface area contributed by atoms with Crippen molar-refractivity contribution in [2.45, 2.75) is 43.5 Å². The maximum Gasteiger partial charge on any atom is 0.319 e. The van der Waals surface area contributed by atoms with Gasteiger partial charge in [0.25, 0.3) is 0 Å². The van der Waals surface area contributed by atoms with Gasteiger partial charge in [-0.25, -0.2) is 18.4 Å². The van der Waals surface area contributed by atoms with Gasteiger partial charge in [0, 0.05) is 11.7 Å². The Hall–Kier alpha value is -1.60. The lowest BCUT2D eigenvalue weighted by Gasteiger charge is -2.26. The van der Waals surface area contributed by atoms with Gasteiger partial charge >= 0.3 is 6.03 Å². The van der Waals surface area contributed by atoms with Crippen LogP contribution in [-0.2, 0) is 10.0 Å². The average molecular weight is 311 g/mol. The number of amides is 2. The van der Waals surface area contributed by atoms with E-state index in [0.29, 0.717) is 5.69 Å². The number of carbonyl (C=O) groups is 1. The van der Waals surface area contributed by atoms with Gasteiger partial charge in [0.1, 0.15) is 0 Å². The zero-order valence-electron chi connectivity index (χ0n) is 12.0. The van der Waals surface area contributed by atoms with E-state index in [4.69, 9.17) is 5.14 Å². The first kappa shape index (κ1) is 15.8. The molecule has 0 aliphatic heterocycles. The first-order valence-corrected chi connectivity index (χ1v) is 8.59. The summed E-state index contributed by atoms with van der Waals surface area (Å²) in [5.41, 5.74) is 0.532. The van der Waals surface area contributed by atoms with Crippen LogP contribution >= 0.6 is 0 Å². The van der Waals surface area contributed by atoms with Crippen molar-refractivity contribution in [2.24, 2.45) is 11.1 Å². The van der Waals surface area contributed by atoms with Crippen molar-refractivity contribution < 1.29 is 13.2 Å². The van der Waals surface area contributed by atoms with E-state index in [1.54, 1.807) is 0 Å². The lowest BCUT2D eigenvalue weighted by Crippen LogP contribution is -2.39. The molecule has 4 N–H and O–H groups in total. The van der Waals surface area contributed by atoms with E-state index < -0.39 is 10.0 Å². The van der Waals surface area contributed by atoms with Crippen molar-refractivity contribution in [1.82, 2.24) is 5.32 Å². The molecule has 0 atom stereocenters. The smallest absolute Gasteiger partial charge is 0.319 e. The maximum atomic E-state index is 11.9. The molecule has 2 amide bonds. The number of urea groups is 1. The number of nitrogens with one attached hydrogen (secondary N) is 2. The molecular formula is C14H21N3O3S. The largest absolute Gasteiger partial charge is 0.335 e. The van der Waals surface area contributed by atoms with Crippen LogP contribution in [0.2, 0.25) is 0 Å². The van der Waals surface area contributed by atoms with Gasteiger partial charge in [0.15, 0.2) is 0 Å². The maximum absolute atomic E-state index is 11.9. The minimum atomic E-state index is -3.70. The van der Waals surface area contributed by atoms with Crippen LogP contribution in [0.15, 0.2) is 29.2 Å². The molecule has 6 nitrogen and oxygen atoms in total. The number of hydrogen-bond acceptors (Lipinski definition) is 3. The molecule has 116 valence electrons. The third-order valence-electron chi connectivity index (χ3n) is 3.79.